The zero-order valence-electron chi connectivity index (χ0n) is 14.4. The number of Topliss-reactive ketones (excluding diaryl/α,β-unsaturated/α-hetero) is 1. The van der Waals surface area contributed by atoms with Crippen molar-refractivity contribution in [3.8, 4) is 0 Å². The largest absolute Gasteiger partial charge is 0.302 e. The molecule has 0 saturated heterocycles. The molecule has 1 aromatic heterocycles. The lowest BCUT2D eigenvalue weighted by atomic mass is 10.00. The Kier molecular flexibility index (Phi) is 4.66. The van der Waals surface area contributed by atoms with Crippen molar-refractivity contribution in [2.45, 2.75) is 6.17 Å². The SMILES string of the molecule is NC1N=C(c2ccccc2)c2ccccc2N(CC(=O)c2cccs2)C1=O. The van der Waals surface area contributed by atoms with E-state index in [9.17, 15) is 9.59 Å². The number of fused-ring (bicyclic) bond motifs is 1. The third kappa shape index (κ3) is 3.32. The average molecular weight is 375 g/mol. The van der Waals surface area contributed by atoms with Crippen molar-refractivity contribution in [1.29, 1.82) is 0 Å². The number of carbonyl (C=O) groups excluding carboxylic acids is 2. The van der Waals surface area contributed by atoms with Gasteiger partial charge in [-0.1, -0.05) is 54.6 Å². The summed E-state index contributed by atoms with van der Waals surface area (Å²) in [6.45, 7) is -0.0678. The van der Waals surface area contributed by atoms with Crippen molar-refractivity contribution in [1.82, 2.24) is 0 Å². The Morgan fingerprint density at radius 3 is 2.52 bits per heavy atom. The summed E-state index contributed by atoms with van der Waals surface area (Å²) in [5, 5.41) is 1.84. The van der Waals surface area contributed by atoms with Crippen molar-refractivity contribution in [2.75, 3.05) is 11.4 Å². The van der Waals surface area contributed by atoms with Gasteiger partial charge in [0.1, 0.15) is 0 Å². The average Bonchev–Trinajstić information content (AvgIpc) is 3.22. The topological polar surface area (TPSA) is 75.8 Å². The Labute approximate surface area is 160 Å². The van der Waals surface area contributed by atoms with E-state index in [1.165, 1.54) is 16.2 Å². The molecule has 0 aliphatic carbocycles. The van der Waals surface area contributed by atoms with Crippen LogP contribution in [0, 0.1) is 0 Å². The minimum Gasteiger partial charge on any atom is -0.302 e. The molecule has 0 saturated carbocycles. The van der Waals surface area contributed by atoms with Gasteiger partial charge in [-0.3, -0.25) is 14.6 Å². The standard InChI is InChI=1S/C21H17N3O2S/c22-20-21(26)24(13-17(25)18-11-6-12-27-18)16-10-5-4-9-15(16)19(23-20)14-7-2-1-3-8-14/h1-12,20H,13,22H2. The fraction of sp³-hybridized carbons (Fsp3) is 0.0952. The number of para-hydroxylation sites is 1. The Hall–Kier alpha value is -3.09. The van der Waals surface area contributed by atoms with Gasteiger partial charge in [-0.05, 0) is 17.5 Å². The van der Waals surface area contributed by atoms with E-state index in [2.05, 4.69) is 4.99 Å². The molecule has 2 aromatic carbocycles. The molecule has 134 valence electrons. The first-order chi connectivity index (χ1) is 13.1. The highest BCUT2D eigenvalue weighted by Gasteiger charge is 2.31. The van der Waals surface area contributed by atoms with Crippen LogP contribution in [-0.2, 0) is 4.79 Å². The quantitative estimate of drug-likeness (QED) is 0.712. The van der Waals surface area contributed by atoms with Crippen molar-refractivity contribution in [3.05, 3.63) is 88.1 Å². The highest BCUT2D eigenvalue weighted by atomic mass is 32.1. The lowest BCUT2D eigenvalue weighted by molar-refractivity contribution is -0.119. The number of rotatable bonds is 4. The monoisotopic (exact) mass is 375 g/mol. The molecule has 1 aliphatic heterocycles. The summed E-state index contributed by atoms with van der Waals surface area (Å²) in [6.07, 6.45) is -1.07. The molecule has 0 spiro atoms. The molecule has 4 rings (SSSR count). The van der Waals surface area contributed by atoms with Crippen LogP contribution >= 0.6 is 11.3 Å². The van der Waals surface area contributed by atoms with E-state index in [0.717, 1.165) is 11.1 Å². The summed E-state index contributed by atoms with van der Waals surface area (Å²) in [5.74, 6) is -0.512. The Bertz CT molecular complexity index is 1010. The fourth-order valence-corrected chi connectivity index (χ4v) is 3.76. The van der Waals surface area contributed by atoms with Gasteiger partial charge in [0.2, 0.25) is 0 Å². The van der Waals surface area contributed by atoms with Gasteiger partial charge in [0.05, 0.1) is 22.8 Å². The molecule has 0 bridgehead atoms. The van der Waals surface area contributed by atoms with E-state index in [4.69, 9.17) is 5.73 Å². The summed E-state index contributed by atoms with van der Waals surface area (Å²) < 4.78 is 0. The van der Waals surface area contributed by atoms with Crippen molar-refractivity contribution in [3.63, 3.8) is 0 Å². The first-order valence-electron chi connectivity index (χ1n) is 8.51. The van der Waals surface area contributed by atoms with Crippen LogP contribution in [0.15, 0.2) is 77.1 Å². The third-order valence-electron chi connectivity index (χ3n) is 4.38. The zero-order chi connectivity index (χ0) is 18.8. The number of carbonyl (C=O) groups is 2. The highest BCUT2D eigenvalue weighted by molar-refractivity contribution is 7.12. The van der Waals surface area contributed by atoms with Crippen LogP contribution in [0.4, 0.5) is 5.69 Å². The molecule has 1 unspecified atom stereocenters. The number of amides is 1. The molecule has 0 fully saturated rings. The minimum atomic E-state index is -1.07. The van der Waals surface area contributed by atoms with Gasteiger partial charge < -0.3 is 10.6 Å². The van der Waals surface area contributed by atoms with Crippen molar-refractivity contribution >= 4 is 34.4 Å². The maximum Gasteiger partial charge on any atom is 0.266 e. The van der Waals surface area contributed by atoms with Crippen molar-refractivity contribution in [2.24, 2.45) is 10.7 Å². The molecule has 1 atom stereocenters. The van der Waals surface area contributed by atoms with Gasteiger partial charge in [0.15, 0.2) is 11.9 Å². The lowest BCUT2D eigenvalue weighted by Crippen LogP contribution is -2.44. The number of nitrogens with two attached hydrogens (primary N) is 1. The normalized spacial score (nSPS) is 16.5. The van der Waals surface area contributed by atoms with E-state index in [1.54, 1.807) is 6.07 Å². The van der Waals surface area contributed by atoms with Crippen LogP contribution in [0.3, 0.4) is 0 Å². The number of nitrogens with zero attached hydrogens (tertiary/aromatic N) is 2. The molecule has 1 amide bonds. The highest BCUT2D eigenvalue weighted by Crippen LogP contribution is 2.28. The molecule has 3 aromatic rings. The predicted molar refractivity (Wildman–Crippen MR) is 108 cm³/mol. The first-order valence-corrected chi connectivity index (χ1v) is 9.39. The molecule has 6 heteroatoms. The number of benzene rings is 2. The second kappa shape index (κ2) is 7.26. The number of anilines is 1. The molecule has 2 heterocycles. The van der Waals surface area contributed by atoms with Gasteiger partial charge in [-0.25, -0.2) is 0 Å². The van der Waals surface area contributed by atoms with Gasteiger partial charge in [0, 0.05) is 11.1 Å². The lowest BCUT2D eigenvalue weighted by Gasteiger charge is -2.23. The van der Waals surface area contributed by atoms with E-state index < -0.39 is 12.1 Å². The van der Waals surface area contributed by atoms with Gasteiger partial charge in [-0.15, -0.1) is 11.3 Å². The van der Waals surface area contributed by atoms with E-state index >= 15 is 0 Å². The number of ketones is 1. The number of thiophene rings is 1. The van der Waals surface area contributed by atoms with E-state index in [1.807, 2.05) is 66.0 Å². The maximum atomic E-state index is 12.9. The minimum absolute atomic E-state index is 0.0678. The second-order valence-electron chi connectivity index (χ2n) is 6.13. The number of aliphatic imine (C=N–C) groups is 1. The number of benzodiazepines with no additional fused rings is 1. The number of hydrogen-bond donors (Lipinski definition) is 1. The third-order valence-corrected chi connectivity index (χ3v) is 5.29. The summed E-state index contributed by atoms with van der Waals surface area (Å²) in [5.41, 5.74) is 9.03. The fourth-order valence-electron chi connectivity index (χ4n) is 3.10. The summed E-state index contributed by atoms with van der Waals surface area (Å²) in [7, 11) is 0. The molecule has 2 N–H and O–H groups in total. The number of hydrogen-bond acceptors (Lipinski definition) is 5. The molecular formula is C21H17N3O2S. The molecule has 0 radical (unpaired) electrons. The summed E-state index contributed by atoms with van der Waals surface area (Å²) in [4.78, 5) is 32.1. The Morgan fingerprint density at radius 1 is 1.04 bits per heavy atom. The van der Waals surface area contributed by atoms with Crippen LogP contribution in [0.25, 0.3) is 0 Å². The molecule has 5 nitrogen and oxygen atoms in total. The van der Waals surface area contributed by atoms with Crippen LogP contribution < -0.4 is 10.6 Å². The molecular weight excluding hydrogens is 358 g/mol. The first kappa shape index (κ1) is 17.3. The smallest absolute Gasteiger partial charge is 0.266 e. The Morgan fingerprint density at radius 2 is 1.78 bits per heavy atom. The predicted octanol–water partition coefficient (Wildman–Crippen LogP) is 3.10. The second-order valence-corrected chi connectivity index (χ2v) is 7.08. The molecule has 1 aliphatic rings. The van der Waals surface area contributed by atoms with Crippen LogP contribution in [0.1, 0.15) is 20.8 Å². The van der Waals surface area contributed by atoms with Crippen molar-refractivity contribution < 1.29 is 9.59 Å². The van der Waals surface area contributed by atoms with Gasteiger partial charge >= 0.3 is 0 Å². The summed E-state index contributed by atoms with van der Waals surface area (Å²) in [6, 6.07) is 20.6. The van der Waals surface area contributed by atoms with Gasteiger partial charge in [-0.2, -0.15) is 0 Å². The van der Waals surface area contributed by atoms with Crippen LogP contribution in [-0.4, -0.2) is 30.1 Å². The van der Waals surface area contributed by atoms with Gasteiger partial charge in [0.25, 0.3) is 5.91 Å². The van der Waals surface area contributed by atoms with E-state index in [-0.39, 0.29) is 12.3 Å². The van der Waals surface area contributed by atoms with Crippen LogP contribution in [0.2, 0.25) is 0 Å². The zero-order valence-corrected chi connectivity index (χ0v) is 15.2. The molecule has 27 heavy (non-hydrogen) atoms. The maximum absolute atomic E-state index is 12.9. The summed E-state index contributed by atoms with van der Waals surface area (Å²) >= 11 is 1.36. The Balaban J connectivity index is 1.80. The van der Waals surface area contributed by atoms with Crippen LogP contribution in [0.5, 0.6) is 0 Å². The van der Waals surface area contributed by atoms with E-state index in [0.29, 0.717) is 16.3 Å².